The van der Waals surface area contributed by atoms with Crippen LogP contribution in [0.4, 0.5) is 0 Å². The van der Waals surface area contributed by atoms with E-state index >= 15 is 0 Å². The van der Waals surface area contributed by atoms with Crippen LogP contribution in [-0.4, -0.2) is 38.9 Å². The van der Waals surface area contributed by atoms with Gasteiger partial charge in [0.05, 0.1) is 11.5 Å². The van der Waals surface area contributed by atoms with Gasteiger partial charge in [0, 0.05) is 18.8 Å². The van der Waals surface area contributed by atoms with Gasteiger partial charge in [-0.25, -0.2) is 13.1 Å². The minimum absolute atomic E-state index is 0.0822. The fourth-order valence-corrected chi connectivity index (χ4v) is 2.78. The smallest absolute Gasteiger partial charge is 0.232 e. The summed E-state index contributed by atoms with van der Waals surface area (Å²) in [6, 6.07) is 9.94. The molecule has 1 rings (SSSR count). The lowest BCUT2D eigenvalue weighted by Crippen LogP contribution is -2.37. The molecular formula is C13H20N2O3S2. The molecule has 1 aromatic rings. The molecule has 5 nitrogen and oxygen atoms in total. The zero-order chi connectivity index (χ0) is 15.0. The van der Waals surface area contributed by atoms with E-state index in [1.54, 1.807) is 11.8 Å². The lowest BCUT2D eigenvalue weighted by Gasteiger charge is -2.12. The highest BCUT2D eigenvalue weighted by Crippen LogP contribution is 2.17. The second-order valence-corrected chi connectivity index (χ2v) is 7.56. The van der Waals surface area contributed by atoms with Gasteiger partial charge in [-0.3, -0.25) is 4.79 Å². The second kappa shape index (κ2) is 8.28. The van der Waals surface area contributed by atoms with Gasteiger partial charge in [0.1, 0.15) is 0 Å². The first-order valence-electron chi connectivity index (χ1n) is 6.26. The van der Waals surface area contributed by atoms with Crippen molar-refractivity contribution in [2.45, 2.75) is 17.9 Å². The molecule has 0 heterocycles. The van der Waals surface area contributed by atoms with Gasteiger partial charge in [0.25, 0.3) is 0 Å². The number of carbonyl (C=O) groups excluding carboxylic acids is 1. The van der Waals surface area contributed by atoms with Crippen LogP contribution in [0.15, 0.2) is 30.3 Å². The largest absolute Gasteiger partial charge is 0.354 e. The number of thioether (sulfide) groups is 1. The molecule has 0 aromatic heterocycles. The Morgan fingerprint density at radius 2 is 1.90 bits per heavy atom. The summed E-state index contributed by atoms with van der Waals surface area (Å²) in [4.78, 5) is 11.8. The van der Waals surface area contributed by atoms with Crippen molar-refractivity contribution in [2.75, 3.05) is 19.3 Å². The molecule has 1 atom stereocenters. The molecule has 112 valence electrons. The topological polar surface area (TPSA) is 75.3 Å². The SMILES string of the molecule is C[C@H](SCc1ccccc1)C(=O)NCCNS(C)(=O)=O. The van der Waals surface area contributed by atoms with Gasteiger partial charge in [-0.15, -0.1) is 11.8 Å². The summed E-state index contributed by atoms with van der Waals surface area (Å²) in [5, 5.41) is 2.53. The Labute approximate surface area is 124 Å². The highest BCUT2D eigenvalue weighted by Gasteiger charge is 2.12. The Morgan fingerprint density at radius 3 is 2.50 bits per heavy atom. The summed E-state index contributed by atoms with van der Waals surface area (Å²) in [7, 11) is -3.20. The number of nitrogens with one attached hydrogen (secondary N) is 2. The third-order valence-electron chi connectivity index (χ3n) is 2.50. The highest BCUT2D eigenvalue weighted by molar-refractivity contribution is 7.99. The number of amides is 1. The van der Waals surface area contributed by atoms with Crippen LogP contribution < -0.4 is 10.0 Å². The summed E-state index contributed by atoms with van der Waals surface area (Å²) in [6.45, 7) is 2.34. The normalized spacial score (nSPS) is 12.9. The standard InChI is InChI=1S/C13H20N2O3S2/c1-11(19-10-12-6-4-3-5-7-12)13(16)14-8-9-15-20(2,17)18/h3-7,11,15H,8-10H2,1-2H3,(H,14,16)/t11-/m0/s1. The predicted molar refractivity (Wildman–Crippen MR) is 83.1 cm³/mol. The van der Waals surface area contributed by atoms with Crippen molar-refractivity contribution in [3.63, 3.8) is 0 Å². The Balaban J connectivity index is 2.22. The fraction of sp³-hybridized carbons (Fsp3) is 0.462. The van der Waals surface area contributed by atoms with Crippen molar-refractivity contribution >= 4 is 27.7 Å². The van der Waals surface area contributed by atoms with Crippen LogP contribution in [0, 0.1) is 0 Å². The van der Waals surface area contributed by atoms with Crippen LogP contribution in [0.25, 0.3) is 0 Å². The average Bonchev–Trinajstić information content (AvgIpc) is 2.40. The third-order valence-corrected chi connectivity index (χ3v) is 4.44. The summed E-state index contributed by atoms with van der Waals surface area (Å²) in [5.41, 5.74) is 1.18. The third kappa shape index (κ3) is 7.52. The number of benzene rings is 1. The number of carbonyl (C=O) groups is 1. The molecular weight excluding hydrogens is 296 g/mol. The van der Waals surface area contributed by atoms with Crippen molar-refractivity contribution in [3.8, 4) is 0 Å². The summed E-state index contributed by atoms with van der Waals surface area (Å²) in [6.07, 6.45) is 1.09. The van der Waals surface area contributed by atoms with Crippen molar-refractivity contribution in [1.82, 2.24) is 10.0 Å². The van der Waals surface area contributed by atoms with E-state index in [0.29, 0.717) is 6.54 Å². The lowest BCUT2D eigenvalue weighted by atomic mass is 10.2. The van der Waals surface area contributed by atoms with Crippen LogP contribution in [0.3, 0.4) is 0 Å². The van der Waals surface area contributed by atoms with Gasteiger partial charge in [-0.05, 0) is 12.5 Å². The van der Waals surface area contributed by atoms with Crippen molar-refractivity contribution < 1.29 is 13.2 Å². The number of hydrogen-bond acceptors (Lipinski definition) is 4. The van der Waals surface area contributed by atoms with Crippen molar-refractivity contribution in [3.05, 3.63) is 35.9 Å². The minimum atomic E-state index is -3.20. The van der Waals surface area contributed by atoms with E-state index in [-0.39, 0.29) is 17.7 Å². The first-order valence-corrected chi connectivity index (χ1v) is 9.20. The van der Waals surface area contributed by atoms with Gasteiger partial charge in [-0.2, -0.15) is 0 Å². The Hall–Kier alpha value is -1.05. The van der Waals surface area contributed by atoms with E-state index in [4.69, 9.17) is 0 Å². The van der Waals surface area contributed by atoms with Gasteiger partial charge < -0.3 is 5.32 Å². The van der Waals surface area contributed by atoms with Gasteiger partial charge >= 0.3 is 0 Å². The van der Waals surface area contributed by atoms with E-state index in [0.717, 1.165) is 12.0 Å². The average molecular weight is 316 g/mol. The second-order valence-electron chi connectivity index (χ2n) is 4.40. The molecule has 7 heteroatoms. The first kappa shape index (κ1) is 17.0. The highest BCUT2D eigenvalue weighted by atomic mass is 32.2. The number of sulfonamides is 1. The molecule has 0 spiro atoms. The molecule has 0 aliphatic carbocycles. The molecule has 0 aliphatic heterocycles. The van der Waals surface area contributed by atoms with Gasteiger partial charge in [0.2, 0.25) is 15.9 Å². The molecule has 0 aliphatic rings. The number of rotatable bonds is 8. The van der Waals surface area contributed by atoms with E-state index in [9.17, 15) is 13.2 Å². The molecule has 0 fully saturated rings. The molecule has 0 saturated carbocycles. The molecule has 1 aromatic carbocycles. The van der Waals surface area contributed by atoms with Crippen LogP contribution >= 0.6 is 11.8 Å². The van der Waals surface area contributed by atoms with E-state index in [1.165, 1.54) is 5.56 Å². The van der Waals surface area contributed by atoms with Crippen LogP contribution in [0.2, 0.25) is 0 Å². The maximum Gasteiger partial charge on any atom is 0.232 e. The Bertz CT molecular complexity index is 518. The van der Waals surface area contributed by atoms with Crippen LogP contribution in [-0.2, 0) is 20.6 Å². The maximum atomic E-state index is 11.8. The maximum absolute atomic E-state index is 11.8. The van der Waals surface area contributed by atoms with E-state index < -0.39 is 10.0 Å². The predicted octanol–water partition coefficient (Wildman–Crippen LogP) is 0.974. The Morgan fingerprint density at radius 1 is 1.25 bits per heavy atom. The van der Waals surface area contributed by atoms with Gasteiger partial charge in [0.15, 0.2) is 0 Å². The quantitative estimate of drug-likeness (QED) is 0.701. The molecule has 2 N–H and O–H groups in total. The first-order chi connectivity index (χ1) is 9.38. The van der Waals surface area contributed by atoms with E-state index in [2.05, 4.69) is 10.0 Å². The van der Waals surface area contributed by atoms with E-state index in [1.807, 2.05) is 37.3 Å². The fourth-order valence-electron chi connectivity index (χ4n) is 1.44. The molecule has 0 saturated heterocycles. The molecule has 1 amide bonds. The Kier molecular flexibility index (Phi) is 7.04. The van der Waals surface area contributed by atoms with Crippen molar-refractivity contribution in [2.24, 2.45) is 0 Å². The minimum Gasteiger partial charge on any atom is -0.354 e. The summed E-state index contributed by atoms with van der Waals surface area (Å²) >= 11 is 1.55. The molecule has 0 unspecified atom stereocenters. The number of hydrogen-bond donors (Lipinski definition) is 2. The lowest BCUT2D eigenvalue weighted by molar-refractivity contribution is -0.120. The van der Waals surface area contributed by atoms with Crippen LogP contribution in [0.1, 0.15) is 12.5 Å². The summed E-state index contributed by atoms with van der Waals surface area (Å²) < 4.78 is 24.0. The molecule has 0 radical (unpaired) electrons. The van der Waals surface area contributed by atoms with Crippen molar-refractivity contribution in [1.29, 1.82) is 0 Å². The molecule has 0 bridgehead atoms. The molecule has 20 heavy (non-hydrogen) atoms. The summed E-state index contributed by atoms with van der Waals surface area (Å²) in [5.74, 6) is 0.693. The zero-order valence-electron chi connectivity index (χ0n) is 11.6. The monoisotopic (exact) mass is 316 g/mol. The zero-order valence-corrected chi connectivity index (χ0v) is 13.3. The van der Waals surface area contributed by atoms with Gasteiger partial charge in [-0.1, -0.05) is 30.3 Å². The van der Waals surface area contributed by atoms with Crippen LogP contribution in [0.5, 0.6) is 0 Å².